The molecule has 19 heavy (non-hydrogen) atoms. The van der Waals surface area contributed by atoms with Crippen LogP contribution in [-0.4, -0.2) is 29.6 Å². The molecule has 1 aliphatic rings. The monoisotopic (exact) mass is 262 g/mol. The van der Waals surface area contributed by atoms with Gasteiger partial charge in [-0.25, -0.2) is 9.97 Å². The molecule has 0 aliphatic carbocycles. The Morgan fingerprint density at radius 3 is 2.63 bits per heavy atom. The molecule has 1 fully saturated rings. The van der Waals surface area contributed by atoms with E-state index in [0.29, 0.717) is 5.92 Å². The van der Waals surface area contributed by atoms with Crippen molar-refractivity contribution < 1.29 is 0 Å². The van der Waals surface area contributed by atoms with E-state index in [2.05, 4.69) is 36.0 Å². The van der Waals surface area contributed by atoms with E-state index in [-0.39, 0.29) is 0 Å². The largest absolute Gasteiger partial charge is 0.369 e. The van der Waals surface area contributed by atoms with Crippen LogP contribution in [0.5, 0.6) is 0 Å². The lowest BCUT2D eigenvalue weighted by Crippen LogP contribution is -2.31. The predicted molar refractivity (Wildman–Crippen MR) is 79.6 cm³/mol. The molecular weight excluding hydrogens is 236 g/mol. The Morgan fingerprint density at radius 2 is 2.00 bits per heavy atom. The van der Waals surface area contributed by atoms with Crippen molar-refractivity contribution in [3.63, 3.8) is 0 Å². The number of nitrogens with zero attached hydrogens (tertiary/aromatic N) is 3. The molecule has 0 bridgehead atoms. The molecule has 1 aromatic rings. The summed E-state index contributed by atoms with van der Waals surface area (Å²) in [4.78, 5) is 11.8. The Balaban J connectivity index is 2.24. The van der Waals surface area contributed by atoms with Crippen LogP contribution in [0.3, 0.4) is 0 Å². The molecule has 4 heteroatoms. The topological polar surface area (TPSA) is 41.1 Å². The van der Waals surface area contributed by atoms with Gasteiger partial charge in [0, 0.05) is 25.6 Å². The Morgan fingerprint density at radius 1 is 1.26 bits per heavy atom. The minimum atomic E-state index is 0.385. The molecule has 1 saturated heterocycles. The second kappa shape index (κ2) is 6.85. The fourth-order valence-electron chi connectivity index (χ4n) is 2.48. The Labute approximate surface area is 116 Å². The average molecular weight is 262 g/mol. The first-order valence-corrected chi connectivity index (χ1v) is 7.53. The van der Waals surface area contributed by atoms with E-state index < -0.39 is 0 Å². The van der Waals surface area contributed by atoms with E-state index in [0.717, 1.165) is 37.7 Å². The molecule has 0 spiro atoms. The minimum absolute atomic E-state index is 0.385. The van der Waals surface area contributed by atoms with E-state index >= 15 is 0 Å². The molecule has 0 unspecified atom stereocenters. The molecular formula is C15H26N4. The lowest BCUT2D eigenvalue weighted by molar-refractivity contribution is 0.570. The average Bonchev–Trinajstić information content (AvgIpc) is 2.45. The van der Waals surface area contributed by atoms with Crippen LogP contribution >= 0.6 is 0 Å². The van der Waals surface area contributed by atoms with Crippen LogP contribution < -0.4 is 10.2 Å². The number of hydrogen-bond acceptors (Lipinski definition) is 4. The van der Waals surface area contributed by atoms with Crippen molar-refractivity contribution in [1.82, 2.24) is 15.3 Å². The third-order valence-corrected chi connectivity index (χ3v) is 3.62. The summed E-state index contributed by atoms with van der Waals surface area (Å²) in [6, 6.07) is 0. The van der Waals surface area contributed by atoms with Gasteiger partial charge in [0.15, 0.2) is 0 Å². The van der Waals surface area contributed by atoms with Gasteiger partial charge in [0.1, 0.15) is 5.82 Å². The third kappa shape index (κ3) is 3.66. The third-order valence-electron chi connectivity index (χ3n) is 3.62. The first kappa shape index (κ1) is 14.3. The SMILES string of the molecule is CCNCc1nc(C(C)C)ncc1N1CCCCC1. The summed E-state index contributed by atoms with van der Waals surface area (Å²) in [7, 11) is 0. The summed E-state index contributed by atoms with van der Waals surface area (Å²) < 4.78 is 0. The van der Waals surface area contributed by atoms with Crippen LogP contribution in [0.2, 0.25) is 0 Å². The summed E-state index contributed by atoms with van der Waals surface area (Å²) in [6.07, 6.45) is 5.95. The van der Waals surface area contributed by atoms with Crippen LogP contribution in [0.4, 0.5) is 5.69 Å². The number of aromatic nitrogens is 2. The second-order valence-corrected chi connectivity index (χ2v) is 5.54. The van der Waals surface area contributed by atoms with Crippen molar-refractivity contribution in [2.24, 2.45) is 0 Å². The van der Waals surface area contributed by atoms with E-state index in [4.69, 9.17) is 4.98 Å². The predicted octanol–water partition coefficient (Wildman–Crippen LogP) is 2.70. The molecule has 1 aliphatic heterocycles. The van der Waals surface area contributed by atoms with Crippen molar-refractivity contribution in [2.45, 2.75) is 52.5 Å². The number of anilines is 1. The smallest absolute Gasteiger partial charge is 0.131 e. The highest BCUT2D eigenvalue weighted by atomic mass is 15.2. The van der Waals surface area contributed by atoms with Crippen molar-refractivity contribution in [3.8, 4) is 0 Å². The normalized spacial score (nSPS) is 16.1. The second-order valence-electron chi connectivity index (χ2n) is 5.54. The van der Waals surface area contributed by atoms with Gasteiger partial charge in [0.2, 0.25) is 0 Å². The highest BCUT2D eigenvalue weighted by molar-refractivity contribution is 5.49. The standard InChI is InChI=1S/C15H26N4/c1-4-16-10-13-14(19-8-6-5-7-9-19)11-17-15(18-13)12(2)3/h11-12,16H,4-10H2,1-3H3. The Bertz CT molecular complexity index is 397. The quantitative estimate of drug-likeness (QED) is 0.886. The van der Waals surface area contributed by atoms with E-state index in [1.54, 1.807) is 0 Å². The number of hydrogen-bond donors (Lipinski definition) is 1. The number of rotatable bonds is 5. The first-order valence-electron chi connectivity index (χ1n) is 7.53. The molecule has 0 atom stereocenters. The summed E-state index contributed by atoms with van der Waals surface area (Å²) >= 11 is 0. The molecule has 4 nitrogen and oxygen atoms in total. The lowest BCUT2D eigenvalue weighted by Gasteiger charge is -2.30. The zero-order valence-corrected chi connectivity index (χ0v) is 12.4. The highest BCUT2D eigenvalue weighted by Crippen LogP contribution is 2.23. The summed E-state index contributed by atoms with van der Waals surface area (Å²) in [5.74, 6) is 1.34. The van der Waals surface area contributed by atoms with Crippen molar-refractivity contribution in [1.29, 1.82) is 0 Å². The van der Waals surface area contributed by atoms with Crippen molar-refractivity contribution >= 4 is 5.69 Å². The van der Waals surface area contributed by atoms with Gasteiger partial charge < -0.3 is 10.2 Å². The molecule has 0 radical (unpaired) electrons. The van der Waals surface area contributed by atoms with Gasteiger partial charge in [-0.1, -0.05) is 20.8 Å². The molecule has 0 aromatic carbocycles. The zero-order valence-electron chi connectivity index (χ0n) is 12.4. The van der Waals surface area contributed by atoms with Crippen LogP contribution in [0.15, 0.2) is 6.20 Å². The maximum atomic E-state index is 4.77. The maximum absolute atomic E-state index is 4.77. The zero-order chi connectivity index (χ0) is 13.7. The number of nitrogens with one attached hydrogen (secondary N) is 1. The van der Waals surface area contributed by atoms with Gasteiger partial charge in [0.05, 0.1) is 17.6 Å². The Kier molecular flexibility index (Phi) is 5.14. The van der Waals surface area contributed by atoms with E-state index in [1.807, 2.05) is 6.20 Å². The van der Waals surface area contributed by atoms with Crippen LogP contribution in [-0.2, 0) is 6.54 Å². The molecule has 0 saturated carbocycles. The Hall–Kier alpha value is -1.16. The molecule has 0 amide bonds. The van der Waals surface area contributed by atoms with Gasteiger partial charge in [-0.3, -0.25) is 0 Å². The van der Waals surface area contributed by atoms with Gasteiger partial charge in [-0.05, 0) is 25.8 Å². The van der Waals surface area contributed by atoms with Crippen molar-refractivity contribution in [3.05, 3.63) is 17.7 Å². The lowest BCUT2D eigenvalue weighted by atomic mass is 10.1. The molecule has 106 valence electrons. The fourth-order valence-corrected chi connectivity index (χ4v) is 2.48. The van der Waals surface area contributed by atoms with Gasteiger partial charge in [0.25, 0.3) is 0 Å². The minimum Gasteiger partial charge on any atom is -0.369 e. The number of piperidine rings is 1. The molecule has 2 rings (SSSR count). The summed E-state index contributed by atoms with van der Waals surface area (Å²) in [6.45, 7) is 10.5. The van der Waals surface area contributed by atoms with E-state index in [9.17, 15) is 0 Å². The van der Waals surface area contributed by atoms with Crippen LogP contribution in [0, 0.1) is 0 Å². The van der Waals surface area contributed by atoms with Gasteiger partial charge in [-0.2, -0.15) is 0 Å². The summed E-state index contributed by atoms with van der Waals surface area (Å²) in [5, 5.41) is 3.39. The fraction of sp³-hybridized carbons (Fsp3) is 0.733. The van der Waals surface area contributed by atoms with Crippen LogP contribution in [0.1, 0.15) is 57.5 Å². The van der Waals surface area contributed by atoms with Crippen molar-refractivity contribution in [2.75, 3.05) is 24.5 Å². The van der Waals surface area contributed by atoms with Gasteiger partial charge in [-0.15, -0.1) is 0 Å². The van der Waals surface area contributed by atoms with Crippen LogP contribution in [0.25, 0.3) is 0 Å². The highest BCUT2D eigenvalue weighted by Gasteiger charge is 2.17. The maximum Gasteiger partial charge on any atom is 0.131 e. The molecule has 1 aromatic heterocycles. The molecule has 2 heterocycles. The molecule has 1 N–H and O–H groups in total. The summed E-state index contributed by atoms with van der Waals surface area (Å²) in [5.41, 5.74) is 2.38. The van der Waals surface area contributed by atoms with Gasteiger partial charge >= 0.3 is 0 Å². The first-order chi connectivity index (χ1) is 9.22. The van der Waals surface area contributed by atoms with E-state index in [1.165, 1.54) is 24.9 Å².